The summed E-state index contributed by atoms with van der Waals surface area (Å²) in [7, 11) is 0. The van der Waals surface area contributed by atoms with Crippen LogP contribution in [0.3, 0.4) is 0 Å². The van der Waals surface area contributed by atoms with Gasteiger partial charge in [-0.1, -0.05) is 167 Å². The molecule has 0 saturated heterocycles. The minimum absolute atomic E-state index is 0.0429. The highest BCUT2D eigenvalue weighted by molar-refractivity contribution is 6.21. The Balaban J connectivity index is 1.02. The molecule has 0 unspecified atom stereocenters. The lowest BCUT2D eigenvalue weighted by Gasteiger charge is -2.29. The van der Waals surface area contributed by atoms with E-state index in [1.165, 1.54) is 76.8 Å². The number of rotatable bonds is 6. The van der Waals surface area contributed by atoms with Gasteiger partial charge in [-0.05, 0) is 138 Å². The molecule has 0 fully saturated rings. The Hall–Kier alpha value is -7.42. The van der Waals surface area contributed by atoms with Crippen LogP contribution in [-0.4, -0.2) is 0 Å². The third-order valence-electron chi connectivity index (χ3n) is 14.0. The lowest BCUT2D eigenvalue weighted by molar-refractivity contribution is 0.660. The van der Waals surface area contributed by atoms with Crippen molar-refractivity contribution in [2.45, 2.75) is 38.5 Å². The van der Waals surface area contributed by atoms with Gasteiger partial charge in [-0.25, -0.2) is 0 Å². The molecule has 12 rings (SSSR count). The van der Waals surface area contributed by atoms with Gasteiger partial charge in [-0.3, -0.25) is 0 Å². The van der Waals surface area contributed by atoms with Gasteiger partial charge in [-0.15, -0.1) is 0 Å². The lowest BCUT2D eigenvalue weighted by atomic mass is 9.82. The summed E-state index contributed by atoms with van der Waals surface area (Å²) in [6, 6.07) is 76.6. The van der Waals surface area contributed by atoms with Gasteiger partial charge in [0, 0.05) is 44.7 Å². The summed E-state index contributed by atoms with van der Waals surface area (Å²) in [4.78, 5) is 4.86. The van der Waals surface area contributed by atoms with Crippen molar-refractivity contribution in [3.8, 4) is 22.3 Å². The number of hydrogen-bond donors (Lipinski definition) is 0. The van der Waals surface area contributed by atoms with Crippen molar-refractivity contribution in [1.29, 1.82) is 0 Å². The van der Waals surface area contributed by atoms with E-state index in [1.54, 1.807) is 0 Å². The summed E-state index contributed by atoms with van der Waals surface area (Å²) in [5.41, 5.74) is 17.6. The molecule has 2 nitrogen and oxygen atoms in total. The molecule has 0 radical (unpaired) electrons. The van der Waals surface area contributed by atoms with E-state index in [1.807, 2.05) is 0 Å². The van der Waals surface area contributed by atoms with E-state index in [4.69, 9.17) is 0 Å². The van der Waals surface area contributed by atoms with E-state index in [0.717, 1.165) is 34.1 Å². The van der Waals surface area contributed by atoms with Crippen LogP contribution in [0, 0.1) is 0 Å². The van der Waals surface area contributed by atoms with Crippen LogP contribution in [0.1, 0.15) is 49.9 Å². The van der Waals surface area contributed by atoms with E-state index < -0.39 is 0 Å². The lowest BCUT2D eigenvalue weighted by Crippen LogP contribution is -2.15. The first-order chi connectivity index (χ1) is 30.3. The molecule has 2 aliphatic rings. The Kier molecular flexibility index (Phi) is 7.96. The summed E-state index contributed by atoms with van der Waals surface area (Å²) < 4.78 is 0. The smallest absolute Gasteiger partial charge is 0.0546 e. The highest BCUT2D eigenvalue weighted by Gasteiger charge is 2.37. The molecule has 0 spiro atoms. The second kappa shape index (κ2) is 13.5. The standard InChI is InChI=1S/C60H46N2/c1-59(2)53-23-13-11-21-48(53)51-37-44(29-34-55(51)59)61(41-17-7-5-8-18-41)43-28-33-46-40(36-43)27-32-50-47(46)31-26-39-16-15-25-57(58(39)50)62(42-19-9-6-10-20-42)45-30-35-56-52(38-45)49-22-12-14-24-54(49)60(56,3)4/h5-38H,1-4H3. The molecule has 0 atom stereocenters. The third kappa shape index (κ3) is 5.36. The van der Waals surface area contributed by atoms with E-state index in [-0.39, 0.29) is 10.8 Å². The SMILES string of the molecule is CC1(C)c2ccccc2-c2cc(N(c3ccccc3)c3ccc4c(ccc5c4ccc4cccc(N(c6ccccc6)c6ccc7c(c6)-c6ccccc6C7(C)C)c45)c3)ccc21. The molecule has 0 saturated carbocycles. The fourth-order valence-corrected chi connectivity index (χ4v) is 11.0. The molecule has 296 valence electrons. The van der Waals surface area contributed by atoms with E-state index >= 15 is 0 Å². The molecular weight excluding hydrogens is 749 g/mol. The molecule has 0 amide bonds. The van der Waals surface area contributed by atoms with Crippen LogP contribution >= 0.6 is 0 Å². The van der Waals surface area contributed by atoms with Crippen molar-refractivity contribution in [3.05, 3.63) is 229 Å². The normalized spacial score (nSPS) is 14.1. The number of para-hydroxylation sites is 2. The number of hydrogen-bond acceptors (Lipinski definition) is 2. The fraction of sp³-hybridized carbons (Fsp3) is 0.100. The summed E-state index contributed by atoms with van der Waals surface area (Å²) in [6.45, 7) is 9.39. The van der Waals surface area contributed by atoms with Gasteiger partial charge in [0.2, 0.25) is 0 Å². The van der Waals surface area contributed by atoms with Gasteiger partial charge in [0.1, 0.15) is 0 Å². The highest BCUT2D eigenvalue weighted by Crippen LogP contribution is 2.53. The van der Waals surface area contributed by atoms with Crippen molar-refractivity contribution in [1.82, 2.24) is 0 Å². The number of anilines is 6. The van der Waals surface area contributed by atoms with Crippen molar-refractivity contribution in [2.75, 3.05) is 9.80 Å². The average molecular weight is 795 g/mol. The van der Waals surface area contributed by atoms with Crippen molar-refractivity contribution >= 4 is 66.4 Å². The van der Waals surface area contributed by atoms with Crippen LogP contribution in [0.5, 0.6) is 0 Å². The minimum atomic E-state index is -0.0543. The molecular formula is C60H46N2. The molecule has 0 bridgehead atoms. The van der Waals surface area contributed by atoms with Gasteiger partial charge < -0.3 is 9.80 Å². The minimum Gasteiger partial charge on any atom is -0.310 e. The van der Waals surface area contributed by atoms with Crippen LogP contribution in [0.15, 0.2) is 206 Å². The van der Waals surface area contributed by atoms with Crippen LogP contribution in [0.4, 0.5) is 34.1 Å². The molecule has 0 aromatic heterocycles. The highest BCUT2D eigenvalue weighted by atomic mass is 15.1. The maximum Gasteiger partial charge on any atom is 0.0546 e. The Morgan fingerprint density at radius 3 is 1.39 bits per heavy atom. The predicted molar refractivity (Wildman–Crippen MR) is 263 cm³/mol. The van der Waals surface area contributed by atoms with Gasteiger partial charge in [0.25, 0.3) is 0 Å². The fourth-order valence-electron chi connectivity index (χ4n) is 11.0. The summed E-state index contributed by atoms with van der Waals surface area (Å²) >= 11 is 0. The monoisotopic (exact) mass is 794 g/mol. The Morgan fingerprint density at radius 1 is 0.290 bits per heavy atom. The third-order valence-corrected chi connectivity index (χ3v) is 14.0. The quantitative estimate of drug-likeness (QED) is 0.155. The van der Waals surface area contributed by atoms with Crippen LogP contribution in [0.25, 0.3) is 54.6 Å². The maximum atomic E-state index is 2.46. The summed E-state index contributed by atoms with van der Waals surface area (Å²) in [5.74, 6) is 0. The first-order valence-corrected chi connectivity index (χ1v) is 21.8. The zero-order valence-corrected chi connectivity index (χ0v) is 35.5. The molecule has 10 aromatic rings. The largest absolute Gasteiger partial charge is 0.310 e. The average Bonchev–Trinajstić information content (AvgIpc) is 3.68. The Bertz CT molecular complexity index is 3410. The van der Waals surface area contributed by atoms with Crippen molar-refractivity contribution in [2.24, 2.45) is 0 Å². The summed E-state index contributed by atoms with van der Waals surface area (Å²) in [5, 5.41) is 7.40. The second-order valence-corrected chi connectivity index (χ2v) is 18.1. The first-order valence-electron chi connectivity index (χ1n) is 21.8. The van der Waals surface area contributed by atoms with E-state index in [9.17, 15) is 0 Å². The van der Waals surface area contributed by atoms with Gasteiger partial charge in [0.05, 0.1) is 5.69 Å². The van der Waals surface area contributed by atoms with Gasteiger partial charge in [-0.2, -0.15) is 0 Å². The molecule has 0 heterocycles. The zero-order chi connectivity index (χ0) is 41.7. The van der Waals surface area contributed by atoms with Crippen LogP contribution < -0.4 is 9.80 Å². The van der Waals surface area contributed by atoms with E-state index in [2.05, 4.69) is 244 Å². The van der Waals surface area contributed by atoms with Crippen LogP contribution in [0.2, 0.25) is 0 Å². The number of benzene rings is 10. The Labute approximate surface area is 364 Å². The predicted octanol–water partition coefficient (Wildman–Crippen LogP) is 16.7. The number of fused-ring (bicyclic) bond motifs is 11. The van der Waals surface area contributed by atoms with E-state index in [0.29, 0.717) is 0 Å². The molecule has 2 heteroatoms. The number of nitrogens with zero attached hydrogens (tertiary/aromatic N) is 2. The van der Waals surface area contributed by atoms with Gasteiger partial charge >= 0.3 is 0 Å². The van der Waals surface area contributed by atoms with Crippen LogP contribution in [-0.2, 0) is 10.8 Å². The van der Waals surface area contributed by atoms with Crippen molar-refractivity contribution < 1.29 is 0 Å². The molecule has 0 N–H and O–H groups in total. The maximum absolute atomic E-state index is 2.46. The topological polar surface area (TPSA) is 6.48 Å². The second-order valence-electron chi connectivity index (χ2n) is 18.1. The molecule has 62 heavy (non-hydrogen) atoms. The zero-order valence-electron chi connectivity index (χ0n) is 35.5. The Morgan fingerprint density at radius 2 is 0.758 bits per heavy atom. The van der Waals surface area contributed by atoms with Crippen molar-refractivity contribution in [3.63, 3.8) is 0 Å². The molecule has 10 aromatic carbocycles. The summed E-state index contributed by atoms with van der Waals surface area (Å²) in [6.07, 6.45) is 0. The van der Waals surface area contributed by atoms with Gasteiger partial charge in [0.15, 0.2) is 0 Å². The molecule has 0 aliphatic heterocycles. The first kappa shape index (κ1) is 36.4. The molecule has 2 aliphatic carbocycles.